The summed E-state index contributed by atoms with van der Waals surface area (Å²) in [5, 5.41) is 0. The van der Waals surface area contributed by atoms with Crippen LogP contribution in [0.4, 0.5) is 0 Å². The molecule has 0 saturated heterocycles. The van der Waals surface area contributed by atoms with Gasteiger partial charge in [-0.05, 0) is 30.0 Å². The van der Waals surface area contributed by atoms with Gasteiger partial charge in [0.2, 0.25) is 0 Å². The van der Waals surface area contributed by atoms with Crippen LogP contribution in [-0.2, 0) is 23.0 Å². The van der Waals surface area contributed by atoms with Crippen LogP contribution in [0.15, 0.2) is 17.0 Å². The molecule has 1 rings (SSSR count). The number of carbonyl (C=O) groups excluding carboxylic acids is 1. The summed E-state index contributed by atoms with van der Waals surface area (Å²) >= 11 is 0. The number of hydrogen-bond donors (Lipinski definition) is 1. The minimum Gasteiger partial charge on any atom is -0.298 e. The predicted molar refractivity (Wildman–Crippen MR) is 60.4 cm³/mol. The normalized spacial score (nSPS) is 11.4. The summed E-state index contributed by atoms with van der Waals surface area (Å²) in [7, 11) is -4.26. The second-order valence-corrected chi connectivity index (χ2v) is 4.85. The van der Waals surface area contributed by atoms with Gasteiger partial charge in [-0.25, -0.2) is 0 Å². The van der Waals surface area contributed by atoms with Gasteiger partial charge in [0.05, 0.1) is 4.90 Å². The van der Waals surface area contributed by atoms with Crippen molar-refractivity contribution in [1.82, 2.24) is 0 Å². The molecule has 4 nitrogen and oxygen atoms in total. The highest BCUT2D eigenvalue weighted by Gasteiger charge is 2.17. The quantitative estimate of drug-likeness (QED) is 0.646. The molecule has 0 aliphatic carbocycles. The van der Waals surface area contributed by atoms with Crippen molar-refractivity contribution in [2.75, 3.05) is 0 Å². The van der Waals surface area contributed by atoms with E-state index in [4.69, 9.17) is 4.55 Å². The summed E-state index contributed by atoms with van der Waals surface area (Å²) in [6.45, 7) is 3.68. The lowest BCUT2D eigenvalue weighted by Gasteiger charge is -2.09. The highest BCUT2D eigenvalue weighted by atomic mass is 32.2. The molecule has 16 heavy (non-hydrogen) atoms. The van der Waals surface area contributed by atoms with Crippen molar-refractivity contribution in [2.24, 2.45) is 0 Å². The van der Waals surface area contributed by atoms with E-state index in [9.17, 15) is 13.2 Å². The first kappa shape index (κ1) is 12.9. The summed E-state index contributed by atoms with van der Waals surface area (Å²) in [5.74, 6) is 0. The fourth-order valence-electron chi connectivity index (χ4n) is 1.62. The Bertz CT molecular complexity index is 503. The Kier molecular flexibility index (Phi) is 3.83. The second-order valence-electron chi connectivity index (χ2n) is 3.46. The monoisotopic (exact) mass is 242 g/mol. The van der Waals surface area contributed by atoms with Crippen LogP contribution < -0.4 is 0 Å². The van der Waals surface area contributed by atoms with Crippen molar-refractivity contribution in [2.45, 2.75) is 31.6 Å². The fourth-order valence-corrected chi connectivity index (χ4v) is 2.43. The molecule has 0 fully saturated rings. The van der Waals surface area contributed by atoms with E-state index in [0.29, 0.717) is 30.3 Å². The van der Waals surface area contributed by atoms with E-state index in [2.05, 4.69) is 0 Å². The summed E-state index contributed by atoms with van der Waals surface area (Å²) < 4.78 is 31.3. The number of carbonyl (C=O) groups is 1. The zero-order valence-corrected chi connectivity index (χ0v) is 10.0. The van der Waals surface area contributed by atoms with Crippen LogP contribution in [-0.4, -0.2) is 19.3 Å². The summed E-state index contributed by atoms with van der Waals surface area (Å²) in [6.07, 6.45) is 1.74. The van der Waals surface area contributed by atoms with Crippen molar-refractivity contribution in [3.05, 3.63) is 28.8 Å². The van der Waals surface area contributed by atoms with E-state index in [1.165, 1.54) is 6.07 Å². The van der Waals surface area contributed by atoms with Crippen molar-refractivity contribution >= 4 is 16.4 Å². The largest absolute Gasteiger partial charge is 0.298 e. The average molecular weight is 242 g/mol. The molecular weight excluding hydrogens is 228 g/mol. The molecule has 0 amide bonds. The van der Waals surface area contributed by atoms with Crippen LogP contribution in [0, 0.1) is 0 Å². The third kappa shape index (κ3) is 2.48. The van der Waals surface area contributed by atoms with Gasteiger partial charge in [0.25, 0.3) is 10.1 Å². The first-order valence-electron chi connectivity index (χ1n) is 5.02. The van der Waals surface area contributed by atoms with Crippen LogP contribution in [0.1, 0.15) is 35.3 Å². The third-order valence-corrected chi connectivity index (χ3v) is 3.42. The highest BCUT2D eigenvalue weighted by molar-refractivity contribution is 7.85. The minimum absolute atomic E-state index is 0.172. The van der Waals surface area contributed by atoms with Crippen LogP contribution in [0.3, 0.4) is 0 Å². The molecule has 5 heteroatoms. The van der Waals surface area contributed by atoms with Crippen molar-refractivity contribution < 1.29 is 17.8 Å². The number of rotatable bonds is 4. The number of aldehydes is 1. The molecule has 0 atom stereocenters. The molecule has 0 radical (unpaired) electrons. The van der Waals surface area contributed by atoms with Crippen LogP contribution in [0.5, 0.6) is 0 Å². The van der Waals surface area contributed by atoms with Gasteiger partial charge in [-0.15, -0.1) is 0 Å². The van der Waals surface area contributed by atoms with Gasteiger partial charge in [0.1, 0.15) is 6.29 Å². The van der Waals surface area contributed by atoms with Gasteiger partial charge >= 0.3 is 0 Å². The summed E-state index contributed by atoms with van der Waals surface area (Å²) in [5.41, 5.74) is 1.64. The standard InChI is InChI=1S/C11H14O4S/c1-3-8-5-9(4-2)11(16(13,14)15)6-10(8)7-12/h5-7H,3-4H2,1-2H3,(H,13,14,15). The topological polar surface area (TPSA) is 71.4 Å². The predicted octanol–water partition coefficient (Wildman–Crippen LogP) is 1.87. The maximum absolute atomic E-state index is 11.1. The Morgan fingerprint density at radius 1 is 1.19 bits per heavy atom. The second kappa shape index (κ2) is 4.76. The molecule has 0 bridgehead atoms. The first-order valence-corrected chi connectivity index (χ1v) is 6.46. The molecular formula is C11H14O4S. The maximum Gasteiger partial charge on any atom is 0.294 e. The first-order chi connectivity index (χ1) is 7.43. The molecule has 0 unspecified atom stereocenters. The zero-order chi connectivity index (χ0) is 12.3. The van der Waals surface area contributed by atoms with E-state index in [0.717, 1.165) is 5.56 Å². The smallest absolute Gasteiger partial charge is 0.294 e. The molecule has 1 N–H and O–H groups in total. The fraction of sp³-hybridized carbons (Fsp3) is 0.364. The molecule has 1 aromatic carbocycles. The van der Waals surface area contributed by atoms with E-state index >= 15 is 0 Å². The average Bonchev–Trinajstić information content (AvgIpc) is 2.25. The molecule has 0 aliphatic rings. The van der Waals surface area contributed by atoms with Gasteiger partial charge in [-0.2, -0.15) is 8.42 Å². The molecule has 1 aromatic rings. The Labute approximate surface area is 95.0 Å². The van der Waals surface area contributed by atoms with E-state index in [1.807, 2.05) is 6.92 Å². The lowest BCUT2D eigenvalue weighted by atomic mass is 10.0. The maximum atomic E-state index is 11.1. The molecule has 0 heterocycles. The Morgan fingerprint density at radius 3 is 2.12 bits per heavy atom. The highest BCUT2D eigenvalue weighted by Crippen LogP contribution is 2.21. The molecule has 88 valence electrons. The van der Waals surface area contributed by atoms with Crippen LogP contribution >= 0.6 is 0 Å². The van der Waals surface area contributed by atoms with Gasteiger partial charge in [-0.1, -0.05) is 19.9 Å². The molecule has 0 aliphatic heterocycles. The van der Waals surface area contributed by atoms with E-state index < -0.39 is 10.1 Å². The Balaban J connectivity index is 3.56. The zero-order valence-electron chi connectivity index (χ0n) is 9.23. The van der Waals surface area contributed by atoms with Crippen LogP contribution in [0.2, 0.25) is 0 Å². The lowest BCUT2D eigenvalue weighted by Crippen LogP contribution is -2.06. The molecule has 0 saturated carbocycles. The van der Waals surface area contributed by atoms with Crippen molar-refractivity contribution in [1.29, 1.82) is 0 Å². The summed E-state index contributed by atoms with van der Waals surface area (Å²) in [4.78, 5) is 10.6. The van der Waals surface area contributed by atoms with E-state index in [1.54, 1.807) is 13.0 Å². The van der Waals surface area contributed by atoms with Crippen molar-refractivity contribution in [3.63, 3.8) is 0 Å². The minimum atomic E-state index is -4.26. The van der Waals surface area contributed by atoms with Gasteiger partial charge < -0.3 is 0 Å². The van der Waals surface area contributed by atoms with Crippen LogP contribution in [0.25, 0.3) is 0 Å². The van der Waals surface area contributed by atoms with Gasteiger partial charge in [0.15, 0.2) is 0 Å². The third-order valence-electron chi connectivity index (χ3n) is 2.49. The number of aryl methyl sites for hydroxylation is 2. The number of benzene rings is 1. The van der Waals surface area contributed by atoms with Gasteiger partial charge in [-0.3, -0.25) is 9.35 Å². The molecule has 0 aromatic heterocycles. The van der Waals surface area contributed by atoms with E-state index in [-0.39, 0.29) is 4.90 Å². The van der Waals surface area contributed by atoms with Gasteiger partial charge in [0, 0.05) is 5.56 Å². The SMILES string of the molecule is CCc1cc(CC)c(S(=O)(=O)O)cc1C=O. The number of hydrogen-bond acceptors (Lipinski definition) is 3. The summed E-state index contributed by atoms with van der Waals surface area (Å²) in [6, 6.07) is 2.90. The Morgan fingerprint density at radius 2 is 1.75 bits per heavy atom. The molecule has 0 spiro atoms. The Hall–Kier alpha value is -1.20. The lowest BCUT2D eigenvalue weighted by molar-refractivity contribution is 0.112. The van der Waals surface area contributed by atoms with Crippen molar-refractivity contribution in [3.8, 4) is 0 Å².